The average molecular weight is 797 g/mol. The minimum Gasteiger partial charge on any atom is -0.311 e. The fraction of sp³-hybridized carbons (Fsp3) is 0. The van der Waals surface area contributed by atoms with E-state index >= 15 is 0 Å². The predicted octanol–water partition coefficient (Wildman–Crippen LogP) is 17.1. The van der Waals surface area contributed by atoms with Crippen LogP contribution in [0.5, 0.6) is 0 Å². The summed E-state index contributed by atoms with van der Waals surface area (Å²) in [6.45, 7) is 0. The van der Waals surface area contributed by atoms with Crippen LogP contribution in [0.2, 0.25) is 0 Å². The Morgan fingerprint density at radius 3 is 1.48 bits per heavy atom. The molecule has 288 valence electrons. The molecule has 0 saturated carbocycles. The number of benzene rings is 10. The largest absolute Gasteiger partial charge is 0.311 e. The van der Waals surface area contributed by atoms with E-state index in [4.69, 9.17) is 0 Å². The van der Waals surface area contributed by atoms with E-state index in [9.17, 15) is 0 Å². The van der Waals surface area contributed by atoms with Gasteiger partial charge in [0.05, 0.1) is 5.69 Å². The van der Waals surface area contributed by atoms with E-state index in [0.717, 1.165) is 39.7 Å². The molecule has 0 spiro atoms. The van der Waals surface area contributed by atoms with Crippen molar-refractivity contribution in [3.05, 3.63) is 243 Å². The number of hydrogen-bond donors (Lipinski definition) is 0. The number of thiophene rings is 1. The molecule has 11 aromatic rings. The minimum atomic E-state index is 1.10. The molecule has 0 aliphatic rings. The van der Waals surface area contributed by atoms with Gasteiger partial charge in [0.15, 0.2) is 0 Å². The lowest BCUT2D eigenvalue weighted by molar-refractivity contribution is 1.28. The van der Waals surface area contributed by atoms with Gasteiger partial charge in [-0.1, -0.05) is 158 Å². The van der Waals surface area contributed by atoms with Crippen LogP contribution >= 0.6 is 11.3 Å². The minimum absolute atomic E-state index is 1.10. The zero-order valence-electron chi connectivity index (χ0n) is 33.4. The lowest BCUT2D eigenvalue weighted by atomic mass is 9.96. The van der Waals surface area contributed by atoms with Crippen molar-refractivity contribution < 1.29 is 0 Å². The van der Waals surface area contributed by atoms with Crippen LogP contribution in [0.1, 0.15) is 0 Å². The first kappa shape index (κ1) is 36.4. The van der Waals surface area contributed by atoms with E-state index in [1.54, 1.807) is 0 Å². The zero-order chi connectivity index (χ0) is 40.5. The van der Waals surface area contributed by atoms with Gasteiger partial charge in [0.2, 0.25) is 0 Å². The Labute approximate surface area is 360 Å². The first-order chi connectivity index (χ1) is 30.2. The zero-order valence-corrected chi connectivity index (χ0v) is 34.2. The number of nitrogens with zero attached hydrogens (tertiary/aromatic N) is 2. The summed E-state index contributed by atoms with van der Waals surface area (Å²) in [7, 11) is 0. The van der Waals surface area contributed by atoms with Gasteiger partial charge in [-0.3, -0.25) is 0 Å². The Balaban J connectivity index is 1.02. The van der Waals surface area contributed by atoms with Gasteiger partial charge in [0.25, 0.3) is 0 Å². The molecule has 0 radical (unpaired) electrons. The second kappa shape index (κ2) is 15.8. The quantitative estimate of drug-likeness (QED) is 0.144. The average Bonchev–Trinajstić information content (AvgIpc) is 3.71. The van der Waals surface area contributed by atoms with Gasteiger partial charge >= 0.3 is 0 Å². The molecule has 0 bridgehead atoms. The molecule has 0 unspecified atom stereocenters. The molecule has 0 aliphatic heterocycles. The van der Waals surface area contributed by atoms with Crippen LogP contribution in [0.4, 0.5) is 34.1 Å². The smallest absolute Gasteiger partial charge is 0.0546 e. The molecule has 2 nitrogen and oxygen atoms in total. The Morgan fingerprint density at radius 1 is 0.262 bits per heavy atom. The molecular weight excluding hydrogens is 757 g/mol. The fourth-order valence-electron chi connectivity index (χ4n) is 8.65. The lowest BCUT2D eigenvalue weighted by Crippen LogP contribution is -2.11. The van der Waals surface area contributed by atoms with E-state index < -0.39 is 0 Å². The molecule has 0 N–H and O–H groups in total. The highest BCUT2D eigenvalue weighted by Gasteiger charge is 2.21. The first-order valence-corrected chi connectivity index (χ1v) is 21.6. The second-order valence-electron chi connectivity index (χ2n) is 15.4. The van der Waals surface area contributed by atoms with Crippen LogP contribution in [0.25, 0.3) is 64.3 Å². The summed E-state index contributed by atoms with van der Waals surface area (Å²) in [5.41, 5.74) is 13.8. The van der Waals surface area contributed by atoms with E-state index in [1.807, 2.05) is 11.3 Å². The number of para-hydroxylation sites is 2. The van der Waals surface area contributed by atoms with Gasteiger partial charge in [0, 0.05) is 54.2 Å². The van der Waals surface area contributed by atoms with E-state index in [-0.39, 0.29) is 0 Å². The summed E-state index contributed by atoms with van der Waals surface area (Å²) in [5.74, 6) is 0. The van der Waals surface area contributed by atoms with Crippen molar-refractivity contribution in [2.75, 3.05) is 9.80 Å². The van der Waals surface area contributed by atoms with Crippen molar-refractivity contribution in [1.29, 1.82) is 0 Å². The van der Waals surface area contributed by atoms with Gasteiger partial charge in [-0.15, -0.1) is 11.3 Å². The van der Waals surface area contributed by atoms with Crippen molar-refractivity contribution >= 4 is 76.4 Å². The van der Waals surface area contributed by atoms with Gasteiger partial charge < -0.3 is 9.80 Å². The van der Waals surface area contributed by atoms with Crippen LogP contribution in [0, 0.1) is 0 Å². The lowest BCUT2D eigenvalue weighted by Gasteiger charge is -2.29. The molecule has 0 amide bonds. The Morgan fingerprint density at radius 2 is 0.754 bits per heavy atom. The number of rotatable bonds is 9. The van der Waals surface area contributed by atoms with E-state index in [1.165, 1.54) is 58.8 Å². The Kier molecular flexibility index (Phi) is 9.42. The van der Waals surface area contributed by atoms with Crippen LogP contribution in [-0.2, 0) is 0 Å². The third-order valence-corrected chi connectivity index (χ3v) is 12.7. The van der Waals surface area contributed by atoms with Crippen molar-refractivity contribution in [3.8, 4) is 33.4 Å². The topological polar surface area (TPSA) is 6.48 Å². The first-order valence-electron chi connectivity index (χ1n) is 20.7. The SMILES string of the molecule is c1ccc(-c2cc3ccccc3cc2N(c2cccc(-c3cccc(-c4ccc(N(c5ccccc5)c5ccccc5)cc4)c3)c2)c2ccc3c(c2)sc2ccccc23)cc1. The highest BCUT2D eigenvalue weighted by atomic mass is 32.1. The predicted molar refractivity (Wildman–Crippen MR) is 263 cm³/mol. The Bertz CT molecular complexity index is 3260. The fourth-order valence-corrected chi connectivity index (χ4v) is 9.79. The van der Waals surface area contributed by atoms with Crippen molar-refractivity contribution in [2.24, 2.45) is 0 Å². The molecule has 0 aliphatic carbocycles. The normalized spacial score (nSPS) is 11.3. The van der Waals surface area contributed by atoms with E-state index in [0.29, 0.717) is 0 Å². The van der Waals surface area contributed by atoms with Crippen molar-refractivity contribution in [2.45, 2.75) is 0 Å². The third-order valence-electron chi connectivity index (χ3n) is 11.6. The van der Waals surface area contributed by atoms with Gasteiger partial charge in [-0.05, 0) is 124 Å². The van der Waals surface area contributed by atoms with Crippen LogP contribution in [0.3, 0.4) is 0 Å². The summed E-state index contributed by atoms with van der Waals surface area (Å²) in [4.78, 5) is 4.75. The maximum Gasteiger partial charge on any atom is 0.0546 e. The summed E-state index contributed by atoms with van der Waals surface area (Å²) in [6.07, 6.45) is 0. The molecule has 1 heterocycles. The molecule has 10 aromatic carbocycles. The van der Waals surface area contributed by atoms with Crippen LogP contribution in [0.15, 0.2) is 243 Å². The van der Waals surface area contributed by atoms with Crippen molar-refractivity contribution in [3.63, 3.8) is 0 Å². The van der Waals surface area contributed by atoms with Gasteiger partial charge in [-0.25, -0.2) is 0 Å². The van der Waals surface area contributed by atoms with E-state index in [2.05, 4.69) is 252 Å². The summed E-state index contributed by atoms with van der Waals surface area (Å²) in [5, 5.41) is 5.02. The molecular formula is C58H40N2S. The third kappa shape index (κ3) is 7.01. The summed E-state index contributed by atoms with van der Waals surface area (Å²) >= 11 is 1.86. The molecule has 0 saturated heterocycles. The molecule has 0 fully saturated rings. The highest BCUT2D eigenvalue weighted by Crippen LogP contribution is 2.46. The van der Waals surface area contributed by atoms with Gasteiger partial charge in [-0.2, -0.15) is 0 Å². The maximum absolute atomic E-state index is 2.45. The number of fused-ring (bicyclic) bond motifs is 4. The van der Waals surface area contributed by atoms with Crippen molar-refractivity contribution in [1.82, 2.24) is 0 Å². The number of hydrogen-bond acceptors (Lipinski definition) is 3. The summed E-state index contributed by atoms with van der Waals surface area (Å²) in [6, 6.07) is 87.9. The maximum atomic E-state index is 2.45. The summed E-state index contributed by atoms with van der Waals surface area (Å²) < 4.78 is 2.58. The second-order valence-corrected chi connectivity index (χ2v) is 16.5. The molecule has 3 heteroatoms. The van der Waals surface area contributed by atoms with Gasteiger partial charge in [0.1, 0.15) is 0 Å². The molecule has 0 atom stereocenters. The Hall–Kier alpha value is -7.72. The molecule has 11 rings (SSSR count). The monoisotopic (exact) mass is 796 g/mol. The van der Waals surface area contributed by atoms with Crippen LogP contribution < -0.4 is 9.80 Å². The highest BCUT2D eigenvalue weighted by molar-refractivity contribution is 7.25. The molecule has 1 aromatic heterocycles. The molecule has 61 heavy (non-hydrogen) atoms. The standard InChI is InChI=1S/C58H40N2S/c1-4-16-42(17-5-1)55-38-46-18-10-11-19-47(46)39-56(55)60(52-34-35-54-53-28-12-13-29-57(53)61-58(54)40-52)51-27-15-22-45(37-51)44-21-14-20-43(36-44)41-30-32-50(33-31-41)59(48-23-6-2-7-24-48)49-25-8-3-9-26-49/h1-40H. The number of anilines is 6. The van der Waals surface area contributed by atoms with Crippen LogP contribution in [-0.4, -0.2) is 0 Å².